The van der Waals surface area contributed by atoms with Crippen LogP contribution >= 0.6 is 35.3 Å². The third-order valence-corrected chi connectivity index (χ3v) is 4.39. The summed E-state index contributed by atoms with van der Waals surface area (Å²) in [5, 5.41) is 3.72. The molecule has 0 amide bonds. The molecule has 1 aromatic heterocycles. The highest BCUT2D eigenvalue weighted by atomic mass is 35.5. The first-order valence-electron chi connectivity index (χ1n) is 6.54. The number of hydrogen-bond donors (Lipinski definition) is 2. The van der Waals surface area contributed by atoms with Gasteiger partial charge >= 0.3 is 0 Å². The van der Waals surface area contributed by atoms with Gasteiger partial charge in [0, 0.05) is 22.0 Å². The Balaban J connectivity index is 0.00000147. The van der Waals surface area contributed by atoms with Crippen LogP contribution in [0.1, 0.15) is 25.7 Å². The van der Waals surface area contributed by atoms with Crippen molar-refractivity contribution in [1.29, 1.82) is 0 Å². The number of rotatable bonds is 4. The van der Waals surface area contributed by atoms with Crippen molar-refractivity contribution in [1.82, 2.24) is 10.4 Å². The van der Waals surface area contributed by atoms with Gasteiger partial charge in [0.25, 0.3) is 0 Å². The average Bonchev–Trinajstić information content (AvgIpc) is 3.09. The minimum absolute atomic E-state index is 0. The lowest BCUT2D eigenvalue weighted by Gasteiger charge is -2.11. The van der Waals surface area contributed by atoms with E-state index >= 15 is 0 Å². The molecule has 0 spiro atoms. The topological polar surface area (TPSA) is 37.0 Å². The van der Waals surface area contributed by atoms with Crippen LogP contribution in [0.2, 0.25) is 5.02 Å². The molecule has 1 aliphatic carbocycles. The van der Waals surface area contributed by atoms with Crippen LogP contribution in [0.4, 0.5) is 5.13 Å². The average molecular weight is 330 g/mol. The Kier molecular flexibility index (Phi) is 5.66. The van der Waals surface area contributed by atoms with Gasteiger partial charge in [-0.3, -0.25) is 5.43 Å². The first-order valence-corrected chi connectivity index (χ1v) is 7.80. The maximum Gasteiger partial charge on any atom is 0.197 e. The fourth-order valence-electron chi connectivity index (χ4n) is 2.32. The van der Waals surface area contributed by atoms with Crippen LogP contribution in [0.3, 0.4) is 0 Å². The number of halogens is 2. The monoisotopic (exact) mass is 329 g/mol. The van der Waals surface area contributed by atoms with Crippen molar-refractivity contribution in [2.75, 3.05) is 5.43 Å². The van der Waals surface area contributed by atoms with Gasteiger partial charge in [0.1, 0.15) is 0 Å². The van der Waals surface area contributed by atoms with E-state index in [1.807, 2.05) is 24.3 Å². The zero-order valence-corrected chi connectivity index (χ0v) is 13.3. The molecular weight excluding hydrogens is 313 g/mol. The molecule has 0 aliphatic heterocycles. The molecule has 1 aliphatic rings. The predicted octanol–water partition coefficient (Wildman–Crippen LogP) is 4.74. The zero-order chi connectivity index (χ0) is 13.1. The van der Waals surface area contributed by atoms with Crippen molar-refractivity contribution in [3.63, 3.8) is 0 Å². The van der Waals surface area contributed by atoms with E-state index < -0.39 is 0 Å². The van der Waals surface area contributed by atoms with E-state index in [0.717, 1.165) is 21.4 Å². The molecule has 1 heterocycles. The molecule has 2 N–H and O–H groups in total. The highest BCUT2D eigenvalue weighted by Gasteiger charge is 2.14. The second kappa shape index (κ2) is 7.27. The van der Waals surface area contributed by atoms with Gasteiger partial charge in [-0.2, -0.15) is 0 Å². The summed E-state index contributed by atoms with van der Waals surface area (Å²) in [4.78, 5) is 4.57. The Hall–Kier alpha value is -0.810. The highest BCUT2D eigenvalue weighted by Crippen LogP contribution is 2.26. The minimum Gasteiger partial charge on any atom is -0.297 e. The fraction of sp³-hybridized carbons (Fsp3) is 0.357. The molecule has 0 saturated heterocycles. The van der Waals surface area contributed by atoms with Crippen LogP contribution in [-0.2, 0) is 0 Å². The summed E-state index contributed by atoms with van der Waals surface area (Å²) in [7, 11) is 0. The lowest BCUT2D eigenvalue weighted by Crippen LogP contribution is -2.31. The smallest absolute Gasteiger partial charge is 0.197 e. The lowest BCUT2D eigenvalue weighted by atomic mass is 10.2. The second-order valence-electron chi connectivity index (χ2n) is 4.80. The van der Waals surface area contributed by atoms with Gasteiger partial charge in [-0.05, 0) is 25.0 Å². The highest BCUT2D eigenvalue weighted by molar-refractivity contribution is 7.14. The molecule has 108 valence electrons. The maximum absolute atomic E-state index is 5.89. The quantitative estimate of drug-likeness (QED) is 0.795. The molecule has 0 bridgehead atoms. The maximum atomic E-state index is 5.89. The number of anilines is 1. The van der Waals surface area contributed by atoms with Crippen LogP contribution in [-0.4, -0.2) is 11.0 Å². The Morgan fingerprint density at radius 1 is 1.15 bits per heavy atom. The summed E-state index contributed by atoms with van der Waals surface area (Å²) in [6, 6.07) is 8.35. The van der Waals surface area contributed by atoms with Crippen molar-refractivity contribution in [3.05, 3.63) is 34.7 Å². The normalized spacial score (nSPS) is 15.1. The standard InChI is InChI=1S/C14H16ClN3S.ClH/c15-11-7-5-10(6-8-11)13-9-19-14(16-13)18-17-12-3-1-2-4-12;/h5-9,12,17H,1-4H2,(H,16,18);1H. The summed E-state index contributed by atoms with van der Waals surface area (Å²) in [6.07, 6.45) is 5.16. The molecule has 3 rings (SSSR count). The SMILES string of the molecule is Cl.Clc1ccc(-c2csc(NNC3CCCC3)n2)cc1. The fourth-order valence-corrected chi connectivity index (χ4v) is 3.13. The van der Waals surface area contributed by atoms with E-state index in [9.17, 15) is 0 Å². The summed E-state index contributed by atoms with van der Waals surface area (Å²) in [5.74, 6) is 0. The number of thiazole rings is 1. The van der Waals surface area contributed by atoms with Crippen LogP contribution in [0.5, 0.6) is 0 Å². The zero-order valence-electron chi connectivity index (χ0n) is 10.9. The lowest BCUT2D eigenvalue weighted by molar-refractivity contribution is 0.576. The molecule has 1 saturated carbocycles. The summed E-state index contributed by atoms with van der Waals surface area (Å²) in [6.45, 7) is 0. The second-order valence-corrected chi connectivity index (χ2v) is 6.09. The number of nitrogens with one attached hydrogen (secondary N) is 2. The molecule has 3 nitrogen and oxygen atoms in total. The van der Waals surface area contributed by atoms with Crippen molar-refractivity contribution in [3.8, 4) is 11.3 Å². The van der Waals surface area contributed by atoms with Crippen LogP contribution in [0.25, 0.3) is 11.3 Å². The molecule has 0 atom stereocenters. The van der Waals surface area contributed by atoms with E-state index in [-0.39, 0.29) is 12.4 Å². The van der Waals surface area contributed by atoms with Gasteiger partial charge in [0.2, 0.25) is 0 Å². The third-order valence-electron chi connectivity index (χ3n) is 3.38. The number of nitrogens with zero attached hydrogens (tertiary/aromatic N) is 1. The van der Waals surface area contributed by atoms with Crippen LogP contribution in [0, 0.1) is 0 Å². The Morgan fingerprint density at radius 3 is 2.55 bits per heavy atom. The number of hydrogen-bond acceptors (Lipinski definition) is 4. The van der Waals surface area contributed by atoms with Crippen molar-refractivity contribution in [2.45, 2.75) is 31.7 Å². The summed E-state index contributed by atoms with van der Waals surface area (Å²) in [5.41, 5.74) is 8.64. The van der Waals surface area contributed by atoms with Gasteiger partial charge in [-0.1, -0.05) is 36.6 Å². The third kappa shape index (κ3) is 3.85. The largest absolute Gasteiger partial charge is 0.297 e. The molecule has 1 fully saturated rings. The predicted molar refractivity (Wildman–Crippen MR) is 88.8 cm³/mol. The van der Waals surface area contributed by atoms with Gasteiger partial charge in [0.15, 0.2) is 5.13 Å². The van der Waals surface area contributed by atoms with Crippen molar-refractivity contribution < 1.29 is 0 Å². The van der Waals surface area contributed by atoms with Gasteiger partial charge < -0.3 is 0 Å². The van der Waals surface area contributed by atoms with Crippen LogP contribution < -0.4 is 10.9 Å². The molecule has 0 radical (unpaired) electrons. The van der Waals surface area contributed by atoms with Gasteiger partial charge in [0.05, 0.1) is 5.69 Å². The number of hydrazine groups is 1. The van der Waals surface area contributed by atoms with Gasteiger partial charge in [-0.25, -0.2) is 10.4 Å². The first kappa shape index (κ1) is 15.6. The van der Waals surface area contributed by atoms with Crippen molar-refractivity contribution >= 4 is 40.5 Å². The van der Waals surface area contributed by atoms with E-state index in [2.05, 4.69) is 21.2 Å². The minimum atomic E-state index is 0. The van der Waals surface area contributed by atoms with E-state index in [4.69, 9.17) is 11.6 Å². The van der Waals surface area contributed by atoms with Crippen LogP contribution in [0.15, 0.2) is 29.6 Å². The molecule has 6 heteroatoms. The number of benzene rings is 1. The molecular formula is C14H17Cl2N3S. The summed E-state index contributed by atoms with van der Waals surface area (Å²) >= 11 is 7.50. The van der Waals surface area contributed by atoms with Gasteiger partial charge in [-0.15, -0.1) is 23.7 Å². The molecule has 20 heavy (non-hydrogen) atoms. The first-order chi connectivity index (χ1) is 9.31. The van der Waals surface area contributed by atoms with E-state index in [1.165, 1.54) is 25.7 Å². The van der Waals surface area contributed by atoms with Crippen molar-refractivity contribution in [2.24, 2.45) is 0 Å². The molecule has 2 aromatic rings. The summed E-state index contributed by atoms with van der Waals surface area (Å²) < 4.78 is 0. The van der Waals surface area contributed by atoms with E-state index in [1.54, 1.807) is 11.3 Å². The Bertz CT molecular complexity index is 536. The Morgan fingerprint density at radius 2 is 1.85 bits per heavy atom. The Labute approximate surface area is 134 Å². The molecule has 0 unspecified atom stereocenters. The molecule has 1 aromatic carbocycles. The number of aromatic nitrogens is 1. The van der Waals surface area contributed by atoms with E-state index in [0.29, 0.717) is 6.04 Å².